The standard InChI is InChI=1S/C26H26F3N5O/c1-4-21(17-10-19(27)24(29)20(28)11-17)34-9-5-6-18-25(31-32-26(18)34)16-7-8-22(23(12-16)35-3)33-13-15(2)30-14-33/h7-8,10-14,21H,4-6,9H2,1-3H3,(H,31,32)/t21-/m0/s1. The van der Waals surface area contributed by atoms with E-state index in [0.717, 1.165) is 59.0 Å². The first kappa shape index (κ1) is 23.0. The number of nitrogens with zero attached hydrogens (tertiary/aromatic N) is 4. The predicted octanol–water partition coefficient (Wildman–Crippen LogP) is 5.90. The second-order valence-electron chi connectivity index (χ2n) is 8.73. The number of aromatic nitrogens is 4. The number of halogens is 3. The maximum Gasteiger partial charge on any atom is 0.194 e. The van der Waals surface area contributed by atoms with Crippen molar-refractivity contribution in [3.8, 4) is 22.7 Å². The van der Waals surface area contributed by atoms with Gasteiger partial charge in [0.05, 0.1) is 36.6 Å². The topological polar surface area (TPSA) is 59.0 Å². The predicted molar refractivity (Wildman–Crippen MR) is 127 cm³/mol. The van der Waals surface area contributed by atoms with Gasteiger partial charge < -0.3 is 14.2 Å². The molecule has 0 saturated carbocycles. The van der Waals surface area contributed by atoms with Gasteiger partial charge in [0.15, 0.2) is 23.3 Å². The molecule has 5 rings (SSSR count). The van der Waals surface area contributed by atoms with Gasteiger partial charge in [-0.3, -0.25) is 5.10 Å². The zero-order chi connectivity index (χ0) is 24.7. The van der Waals surface area contributed by atoms with Gasteiger partial charge in [-0.05, 0) is 56.0 Å². The molecule has 0 radical (unpaired) electrons. The number of anilines is 1. The average molecular weight is 482 g/mol. The van der Waals surface area contributed by atoms with Gasteiger partial charge >= 0.3 is 0 Å². The largest absolute Gasteiger partial charge is 0.495 e. The fourth-order valence-electron chi connectivity index (χ4n) is 4.91. The van der Waals surface area contributed by atoms with Crippen LogP contribution in [0.5, 0.6) is 5.75 Å². The Morgan fingerprint density at radius 1 is 1.14 bits per heavy atom. The van der Waals surface area contributed by atoms with Crippen molar-refractivity contribution in [2.75, 3.05) is 18.6 Å². The third-order valence-corrected chi connectivity index (χ3v) is 6.56. The number of fused-ring (bicyclic) bond motifs is 1. The van der Waals surface area contributed by atoms with E-state index in [1.807, 2.05) is 47.7 Å². The number of ether oxygens (including phenoxy) is 1. The molecule has 0 spiro atoms. The number of aryl methyl sites for hydroxylation is 1. The van der Waals surface area contributed by atoms with E-state index in [1.165, 1.54) is 0 Å². The molecule has 3 heterocycles. The van der Waals surface area contributed by atoms with Gasteiger partial charge in [0.2, 0.25) is 0 Å². The molecular formula is C26H26F3N5O. The minimum absolute atomic E-state index is 0.337. The molecule has 0 unspecified atom stereocenters. The Kier molecular flexibility index (Phi) is 6.00. The number of imidazole rings is 1. The van der Waals surface area contributed by atoms with E-state index < -0.39 is 17.5 Å². The van der Waals surface area contributed by atoms with Crippen LogP contribution in [0.4, 0.5) is 19.0 Å². The van der Waals surface area contributed by atoms with E-state index >= 15 is 0 Å². The lowest BCUT2D eigenvalue weighted by Gasteiger charge is -2.35. The van der Waals surface area contributed by atoms with Gasteiger partial charge in [-0.1, -0.05) is 13.0 Å². The summed E-state index contributed by atoms with van der Waals surface area (Å²) in [5.74, 6) is -2.37. The molecule has 35 heavy (non-hydrogen) atoms. The summed E-state index contributed by atoms with van der Waals surface area (Å²) in [5, 5.41) is 7.76. The van der Waals surface area contributed by atoms with Crippen LogP contribution in [0.25, 0.3) is 16.9 Å². The number of rotatable bonds is 6. The van der Waals surface area contributed by atoms with E-state index in [9.17, 15) is 13.2 Å². The van der Waals surface area contributed by atoms with E-state index in [-0.39, 0.29) is 6.04 Å². The first-order valence-corrected chi connectivity index (χ1v) is 11.6. The van der Waals surface area contributed by atoms with Crippen molar-refractivity contribution in [3.05, 3.63) is 77.1 Å². The monoisotopic (exact) mass is 481 g/mol. The van der Waals surface area contributed by atoms with E-state index in [2.05, 4.69) is 15.2 Å². The molecule has 0 saturated heterocycles. The molecule has 0 aliphatic carbocycles. The Bertz CT molecular complexity index is 1360. The van der Waals surface area contributed by atoms with Crippen LogP contribution in [0.1, 0.15) is 42.6 Å². The van der Waals surface area contributed by atoms with Gasteiger partial charge in [-0.15, -0.1) is 0 Å². The van der Waals surface area contributed by atoms with Crippen LogP contribution in [0.2, 0.25) is 0 Å². The molecule has 0 fully saturated rings. The molecule has 1 aliphatic heterocycles. The molecule has 0 bridgehead atoms. The number of benzene rings is 2. The average Bonchev–Trinajstić information content (AvgIpc) is 3.49. The van der Waals surface area contributed by atoms with Crippen molar-refractivity contribution in [2.24, 2.45) is 0 Å². The normalized spacial score (nSPS) is 14.2. The van der Waals surface area contributed by atoms with Crippen molar-refractivity contribution in [1.82, 2.24) is 19.7 Å². The quantitative estimate of drug-likeness (QED) is 0.349. The Balaban J connectivity index is 1.52. The van der Waals surface area contributed by atoms with Gasteiger partial charge in [0, 0.05) is 23.9 Å². The highest BCUT2D eigenvalue weighted by molar-refractivity contribution is 5.73. The number of methoxy groups -OCH3 is 1. The number of hydrogen-bond acceptors (Lipinski definition) is 4. The number of nitrogens with one attached hydrogen (secondary N) is 1. The molecule has 1 aliphatic rings. The van der Waals surface area contributed by atoms with E-state index in [4.69, 9.17) is 4.74 Å². The maximum absolute atomic E-state index is 14.0. The third-order valence-electron chi connectivity index (χ3n) is 6.56. The summed E-state index contributed by atoms with van der Waals surface area (Å²) in [7, 11) is 1.63. The molecule has 2 aromatic carbocycles. The van der Waals surface area contributed by atoms with Crippen molar-refractivity contribution in [3.63, 3.8) is 0 Å². The van der Waals surface area contributed by atoms with E-state index in [1.54, 1.807) is 13.4 Å². The van der Waals surface area contributed by atoms with E-state index in [0.29, 0.717) is 24.3 Å². The van der Waals surface area contributed by atoms with Crippen molar-refractivity contribution < 1.29 is 17.9 Å². The zero-order valence-corrected chi connectivity index (χ0v) is 19.8. The summed E-state index contributed by atoms with van der Waals surface area (Å²) in [5.41, 5.74) is 5.00. The molecule has 182 valence electrons. The van der Waals surface area contributed by atoms with Crippen LogP contribution < -0.4 is 9.64 Å². The lowest BCUT2D eigenvalue weighted by Crippen LogP contribution is -2.33. The summed E-state index contributed by atoms with van der Waals surface area (Å²) >= 11 is 0. The van der Waals surface area contributed by atoms with Crippen LogP contribution >= 0.6 is 0 Å². The summed E-state index contributed by atoms with van der Waals surface area (Å²) in [6.45, 7) is 4.55. The first-order valence-electron chi connectivity index (χ1n) is 11.6. The van der Waals surface area contributed by atoms with Crippen LogP contribution in [0.3, 0.4) is 0 Å². The van der Waals surface area contributed by atoms with Crippen LogP contribution in [-0.2, 0) is 6.42 Å². The summed E-state index contributed by atoms with van der Waals surface area (Å²) in [4.78, 5) is 6.34. The fourth-order valence-corrected chi connectivity index (χ4v) is 4.91. The van der Waals surface area contributed by atoms with Crippen LogP contribution in [0, 0.1) is 24.4 Å². The minimum atomic E-state index is -1.45. The Labute approximate surface area is 201 Å². The summed E-state index contributed by atoms with van der Waals surface area (Å²) < 4.78 is 49.1. The fraction of sp³-hybridized carbons (Fsp3) is 0.308. The Morgan fingerprint density at radius 3 is 2.57 bits per heavy atom. The molecule has 9 heteroatoms. The lowest BCUT2D eigenvalue weighted by molar-refractivity contribution is 0.413. The molecule has 6 nitrogen and oxygen atoms in total. The molecular weight excluding hydrogens is 455 g/mol. The van der Waals surface area contributed by atoms with Gasteiger partial charge in [-0.2, -0.15) is 5.10 Å². The van der Waals surface area contributed by atoms with Crippen molar-refractivity contribution in [1.29, 1.82) is 0 Å². The Morgan fingerprint density at radius 2 is 1.91 bits per heavy atom. The number of aromatic amines is 1. The summed E-state index contributed by atoms with van der Waals surface area (Å²) in [6, 6.07) is 7.76. The first-order chi connectivity index (χ1) is 16.9. The SMILES string of the molecule is CC[C@@H](c1cc(F)c(F)c(F)c1)N1CCCc2c1n[nH]c2-c1ccc(-n2cnc(C)c2)c(OC)c1. The summed E-state index contributed by atoms with van der Waals surface area (Å²) in [6.07, 6.45) is 5.92. The highest BCUT2D eigenvalue weighted by Gasteiger charge is 2.30. The number of hydrogen-bond donors (Lipinski definition) is 1. The molecule has 4 aromatic rings. The highest BCUT2D eigenvalue weighted by atomic mass is 19.2. The molecule has 0 amide bonds. The molecule has 1 N–H and O–H groups in total. The Hall–Kier alpha value is -3.75. The van der Waals surface area contributed by atoms with Gasteiger partial charge in [0.25, 0.3) is 0 Å². The smallest absolute Gasteiger partial charge is 0.194 e. The zero-order valence-electron chi connectivity index (χ0n) is 19.8. The van der Waals surface area contributed by atoms with Crippen LogP contribution in [-0.4, -0.2) is 33.4 Å². The lowest BCUT2D eigenvalue weighted by atomic mass is 9.96. The number of H-pyrrole nitrogens is 1. The molecule has 2 aromatic heterocycles. The maximum atomic E-state index is 14.0. The van der Waals surface area contributed by atoms with Crippen molar-refractivity contribution in [2.45, 2.75) is 39.2 Å². The minimum Gasteiger partial charge on any atom is -0.495 e. The highest BCUT2D eigenvalue weighted by Crippen LogP contribution is 2.40. The van der Waals surface area contributed by atoms with Crippen molar-refractivity contribution >= 4 is 5.82 Å². The van der Waals surface area contributed by atoms with Gasteiger partial charge in [0.1, 0.15) is 5.75 Å². The molecule has 1 atom stereocenters. The van der Waals surface area contributed by atoms with Gasteiger partial charge in [-0.25, -0.2) is 18.2 Å². The second-order valence-corrected chi connectivity index (χ2v) is 8.73. The van der Waals surface area contributed by atoms with Crippen LogP contribution in [0.15, 0.2) is 42.9 Å². The third kappa shape index (κ3) is 4.05. The second kappa shape index (κ2) is 9.13.